The van der Waals surface area contributed by atoms with Crippen LogP contribution in [0.25, 0.3) is 0 Å². The van der Waals surface area contributed by atoms with Crippen molar-refractivity contribution in [2.75, 3.05) is 6.54 Å². The predicted octanol–water partition coefficient (Wildman–Crippen LogP) is 2.74. The lowest BCUT2D eigenvalue weighted by Gasteiger charge is -2.04. The highest BCUT2D eigenvalue weighted by atomic mass is 35.5. The molecule has 1 N–H and O–H groups in total. The maximum atomic E-state index is 5.64. The van der Waals surface area contributed by atoms with Crippen molar-refractivity contribution >= 4 is 12.4 Å². The Hall–Kier alpha value is -0.470. The molecule has 2 nitrogen and oxygen atoms in total. The van der Waals surface area contributed by atoms with Crippen LogP contribution in [0.15, 0.2) is 10.5 Å². The average Bonchev–Trinajstić information content (AvgIpc) is 2.61. The number of rotatable bonds is 1. The van der Waals surface area contributed by atoms with Crippen molar-refractivity contribution < 1.29 is 4.42 Å². The van der Waals surface area contributed by atoms with E-state index in [1.807, 2.05) is 6.92 Å². The molecule has 2 heterocycles. The van der Waals surface area contributed by atoms with E-state index < -0.39 is 0 Å². The normalized spacial score (nSPS) is 21.5. The minimum atomic E-state index is 0. The lowest BCUT2D eigenvalue weighted by molar-refractivity contribution is 0.428. The van der Waals surface area contributed by atoms with E-state index in [1.165, 1.54) is 18.4 Å². The molecule has 1 atom stereocenters. The second-order valence-corrected chi connectivity index (χ2v) is 3.54. The van der Waals surface area contributed by atoms with E-state index >= 15 is 0 Å². The molecule has 1 fully saturated rings. The summed E-state index contributed by atoms with van der Waals surface area (Å²) >= 11 is 0. The third kappa shape index (κ3) is 2.06. The zero-order valence-electron chi connectivity index (χ0n) is 8.09. The monoisotopic (exact) mass is 201 g/mol. The van der Waals surface area contributed by atoms with Crippen LogP contribution < -0.4 is 5.32 Å². The lowest BCUT2D eigenvalue weighted by Crippen LogP contribution is -2.11. The quantitative estimate of drug-likeness (QED) is 0.756. The predicted molar refractivity (Wildman–Crippen MR) is 55.4 cm³/mol. The molecule has 0 radical (unpaired) electrons. The topological polar surface area (TPSA) is 25.2 Å². The molecule has 1 aromatic rings. The molecule has 0 bridgehead atoms. The summed E-state index contributed by atoms with van der Waals surface area (Å²) in [4.78, 5) is 0. The molecule has 0 saturated carbocycles. The number of halogens is 1. The fraction of sp³-hybridized carbons (Fsp3) is 0.600. The van der Waals surface area contributed by atoms with Crippen LogP contribution in [-0.2, 0) is 0 Å². The number of hydrogen-bond acceptors (Lipinski definition) is 2. The van der Waals surface area contributed by atoms with Crippen LogP contribution in [0.5, 0.6) is 0 Å². The Labute approximate surface area is 85.1 Å². The van der Waals surface area contributed by atoms with E-state index in [1.54, 1.807) is 0 Å². The fourth-order valence-corrected chi connectivity index (χ4v) is 1.70. The Balaban J connectivity index is 0.000000845. The van der Waals surface area contributed by atoms with E-state index in [9.17, 15) is 0 Å². The molecule has 0 amide bonds. The zero-order valence-corrected chi connectivity index (χ0v) is 8.91. The van der Waals surface area contributed by atoms with E-state index in [-0.39, 0.29) is 12.4 Å². The summed E-state index contributed by atoms with van der Waals surface area (Å²) in [6.45, 7) is 5.24. The van der Waals surface area contributed by atoms with Crippen LogP contribution in [0.4, 0.5) is 0 Å². The van der Waals surface area contributed by atoms with Gasteiger partial charge in [0.25, 0.3) is 0 Å². The first-order valence-electron chi connectivity index (χ1n) is 4.57. The number of nitrogens with one attached hydrogen (secondary N) is 1. The summed E-state index contributed by atoms with van der Waals surface area (Å²) < 4.78 is 5.64. The fourth-order valence-electron chi connectivity index (χ4n) is 1.70. The van der Waals surface area contributed by atoms with Crippen LogP contribution in [0, 0.1) is 13.8 Å². The van der Waals surface area contributed by atoms with Crippen molar-refractivity contribution in [1.29, 1.82) is 0 Å². The Kier molecular flexibility index (Phi) is 3.40. The van der Waals surface area contributed by atoms with Crippen molar-refractivity contribution in [1.82, 2.24) is 5.32 Å². The Morgan fingerprint density at radius 2 is 2.23 bits per heavy atom. The van der Waals surface area contributed by atoms with E-state index in [0.29, 0.717) is 6.04 Å². The molecule has 1 aromatic heterocycles. The van der Waals surface area contributed by atoms with Crippen LogP contribution in [0.3, 0.4) is 0 Å². The Bertz CT molecular complexity index is 257. The average molecular weight is 202 g/mol. The highest BCUT2D eigenvalue weighted by Gasteiger charge is 2.19. The first-order valence-corrected chi connectivity index (χ1v) is 4.57. The van der Waals surface area contributed by atoms with Gasteiger partial charge in [-0.05, 0) is 44.9 Å². The second kappa shape index (κ2) is 4.16. The van der Waals surface area contributed by atoms with Crippen molar-refractivity contribution in [2.45, 2.75) is 32.7 Å². The van der Waals surface area contributed by atoms with Crippen molar-refractivity contribution in [3.8, 4) is 0 Å². The molecule has 13 heavy (non-hydrogen) atoms. The standard InChI is InChI=1S/C10H15NO.ClH/c1-7-6-10(12-8(7)2)9-4-3-5-11-9;/h6,9,11H,3-5H2,1-2H3;1H/t9-;/m1./s1. The third-order valence-electron chi connectivity index (χ3n) is 2.59. The van der Waals surface area contributed by atoms with E-state index in [2.05, 4.69) is 18.3 Å². The third-order valence-corrected chi connectivity index (χ3v) is 2.59. The van der Waals surface area contributed by atoms with Gasteiger partial charge in [-0.25, -0.2) is 0 Å². The van der Waals surface area contributed by atoms with Gasteiger partial charge in [0.05, 0.1) is 6.04 Å². The minimum Gasteiger partial charge on any atom is -0.464 e. The van der Waals surface area contributed by atoms with Crippen LogP contribution in [0.2, 0.25) is 0 Å². The van der Waals surface area contributed by atoms with Gasteiger partial charge in [-0.3, -0.25) is 0 Å². The summed E-state index contributed by atoms with van der Waals surface area (Å²) in [6.07, 6.45) is 2.48. The molecule has 1 saturated heterocycles. The lowest BCUT2D eigenvalue weighted by atomic mass is 10.1. The first-order chi connectivity index (χ1) is 5.77. The van der Waals surface area contributed by atoms with E-state index in [0.717, 1.165) is 18.1 Å². The van der Waals surface area contributed by atoms with Gasteiger partial charge in [-0.2, -0.15) is 0 Å². The molecule has 3 heteroatoms. The largest absolute Gasteiger partial charge is 0.464 e. The van der Waals surface area contributed by atoms with Crippen LogP contribution in [0.1, 0.15) is 36.0 Å². The van der Waals surface area contributed by atoms with Gasteiger partial charge < -0.3 is 9.73 Å². The Morgan fingerprint density at radius 1 is 1.46 bits per heavy atom. The molecule has 0 spiro atoms. The molecule has 0 aliphatic carbocycles. The minimum absolute atomic E-state index is 0. The van der Waals surface area contributed by atoms with E-state index in [4.69, 9.17) is 4.42 Å². The molecule has 1 aliphatic rings. The van der Waals surface area contributed by atoms with Crippen molar-refractivity contribution in [3.05, 3.63) is 23.2 Å². The van der Waals surface area contributed by atoms with Gasteiger partial charge in [0.1, 0.15) is 11.5 Å². The molecular weight excluding hydrogens is 186 g/mol. The SMILES string of the molecule is Cc1cc([C@H]2CCCN2)oc1C.Cl. The van der Waals surface area contributed by atoms with Crippen molar-refractivity contribution in [2.24, 2.45) is 0 Å². The van der Waals surface area contributed by atoms with Gasteiger partial charge in [0.2, 0.25) is 0 Å². The van der Waals surface area contributed by atoms with Gasteiger partial charge in [-0.1, -0.05) is 0 Å². The molecule has 2 rings (SSSR count). The summed E-state index contributed by atoms with van der Waals surface area (Å²) in [5.74, 6) is 2.17. The molecule has 1 aliphatic heterocycles. The summed E-state index contributed by atoms with van der Waals surface area (Å²) in [7, 11) is 0. The van der Waals surface area contributed by atoms with Crippen LogP contribution >= 0.6 is 12.4 Å². The highest BCUT2D eigenvalue weighted by molar-refractivity contribution is 5.85. The number of aryl methyl sites for hydroxylation is 2. The summed E-state index contributed by atoms with van der Waals surface area (Å²) in [5, 5.41) is 3.42. The molecule has 74 valence electrons. The maximum absolute atomic E-state index is 5.64. The second-order valence-electron chi connectivity index (χ2n) is 3.54. The first kappa shape index (κ1) is 10.6. The molecule has 0 aromatic carbocycles. The number of hydrogen-bond donors (Lipinski definition) is 1. The molecule has 0 unspecified atom stereocenters. The Morgan fingerprint density at radius 3 is 2.69 bits per heavy atom. The summed E-state index contributed by atoms with van der Waals surface area (Å²) in [5.41, 5.74) is 1.26. The van der Waals surface area contributed by atoms with Crippen LogP contribution in [-0.4, -0.2) is 6.54 Å². The molecular formula is C10H16ClNO. The maximum Gasteiger partial charge on any atom is 0.121 e. The zero-order chi connectivity index (χ0) is 8.55. The van der Waals surface area contributed by atoms with Gasteiger partial charge in [0, 0.05) is 0 Å². The summed E-state index contributed by atoms with van der Waals surface area (Å²) in [6, 6.07) is 2.62. The van der Waals surface area contributed by atoms with Gasteiger partial charge in [0.15, 0.2) is 0 Å². The van der Waals surface area contributed by atoms with Crippen molar-refractivity contribution in [3.63, 3.8) is 0 Å². The van der Waals surface area contributed by atoms with Gasteiger partial charge in [-0.15, -0.1) is 12.4 Å². The highest BCUT2D eigenvalue weighted by Crippen LogP contribution is 2.26. The number of furan rings is 1. The smallest absolute Gasteiger partial charge is 0.121 e. The van der Waals surface area contributed by atoms with Gasteiger partial charge >= 0.3 is 0 Å².